The van der Waals surface area contributed by atoms with Gasteiger partial charge < -0.3 is 17.5 Å². The third-order valence-electron chi connectivity index (χ3n) is 4.62. The summed E-state index contributed by atoms with van der Waals surface area (Å²) in [7, 11) is 10.7. The maximum atomic E-state index is 8.37. The molecule has 162 valence electrons. The summed E-state index contributed by atoms with van der Waals surface area (Å²) in [5.41, 5.74) is 4.68. The van der Waals surface area contributed by atoms with Crippen LogP contribution < -0.4 is 12.1 Å². The van der Waals surface area contributed by atoms with Gasteiger partial charge in [-0.25, -0.2) is 0 Å². The molecular formula is C25H25ClN4SSn. The van der Waals surface area contributed by atoms with Crippen molar-refractivity contribution in [1.82, 2.24) is 0 Å². The van der Waals surface area contributed by atoms with E-state index >= 15 is 0 Å². The van der Waals surface area contributed by atoms with Gasteiger partial charge in [0.2, 0.25) is 0 Å². The van der Waals surface area contributed by atoms with Gasteiger partial charge in [-0.15, -0.1) is 0 Å². The fourth-order valence-corrected chi connectivity index (χ4v) is 10.4. The van der Waals surface area contributed by atoms with Gasteiger partial charge in [-0.3, -0.25) is 0 Å². The first-order valence-corrected chi connectivity index (χ1v) is 16.8. The molecule has 0 saturated carbocycles. The molecule has 32 heavy (non-hydrogen) atoms. The molecule has 0 atom stereocenters. The molecule has 0 spiro atoms. The number of anilines is 1. The van der Waals surface area contributed by atoms with Gasteiger partial charge >= 0.3 is 108 Å². The predicted molar refractivity (Wildman–Crippen MR) is 142 cm³/mol. The van der Waals surface area contributed by atoms with Crippen molar-refractivity contribution in [1.29, 1.82) is 5.26 Å². The average Bonchev–Trinajstić information content (AvgIpc) is 2.80. The number of nitrogens with zero attached hydrogens (tertiary/aromatic N) is 4. The van der Waals surface area contributed by atoms with Crippen LogP contribution in [0.2, 0.25) is 0 Å². The van der Waals surface area contributed by atoms with Gasteiger partial charge in [-0.2, -0.15) is 15.5 Å². The minimum absolute atomic E-state index is 0.0684. The van der Waals surface area contributed by atoms with Crippen LogP contribution in [0.15, 0.2) is 83.0 Å². The van der Waals surface area contributed by atoms with E-state index in [1.54, 1.807) is 12.3 Å². The topological polar surface area (TPSA) is 51.8 Å². The van der Waals surface area contributed by atoms with Crippen LogP contribution in [-0.4, -0.2) is 44.0 Å². The second-order valence-corrected chi connectivity index (χ2v) is 15.0. The van der Waals surface area contributed by atoms with Crippen molar-refractivity contribution in [2.75, 3.05) is 19.0 Å². The van der Waals surface area contributed by atoms with E-state index in [1.165, 1.54) is 18.3 Å². The molecular weight excluding hydrogens is 543 g/mol. The molecule has 0 bridgehead atoms. The number of rotatable bonds is 5. The zero-order chi connectivity index (χ0) is 23.5. The third kappa shape index (κ3) is 7.94. The molecule has 3 aromatic rings. The van der Waals surface area contributed by atoms with E-state index < -0.39 is 18.6 Å². The van der Waals surface area contributed by atoms with Crippen molar-refractivity contribution in [2.24, 2.45) is 10.2 Å². The molecule has 0 unspecified atom stereocenters. The van der Waals surface area contributed by atoms with Crippen LogP contribution in [0.25, 0.3) is 0 Å². The Morgan fingerprint density at radius 3 is 1.88 bits per heavy atom. The first kappa shape index (κ1) is 25.9. The van der Waals surface area contributed by atoms with Gasteiger partial charge in [0.25, 0.3) is 0 Å². The quantitative estimate of drug-likeness (QED) is 0.153. The normalized spacial score (nSPS) is 10.8. The average molecular weight is 568 g/mol. The molecule has 0 aromatic heterocycles. The van der Waals surface area contributed by atoms with E-state index in [1.807, 2.05) is 43.3 Å². The first-order valence-electron chi connectivity index (χ1n) is 9.93. The molecule has 0 aliphatic rings. The number of hydrogen-bond acceptors (Lipinski definition) is 5. The molecule has 3 aromatic carbocycles. The van der Waals surface area contributed by atoms with Crippen LogP contribution in [0.1, 0.15) is 16.7 Å². The molecule has 4 nitrogen and oxygen atoms in total. The summed E-state index contributed by atoms with van der Waals surface area (Å²) < 4.78 is 2.78. The first-order chi connectivity index (χ1) is 15.3. The Labute approximate surface area is 207 Å². The van der Waals surface area contributed by atoms with Crippen LogP contribution in [-0.2, 0) is 12.6 Å². The Hall–Kier alpha value is -2.40. The zero-order valence-corrected chi connectivity index (χ0v) is 23.0. The van der Waals surface area contributed by atoms with E-state index in [9.17, 15) is 0 Å². The Morgan fingerprint density at radius 2 is 1.44 bits per heavy atom. The summed E-state index contributed by atoms with van der Waals surface area (Å²) in [5, 5.41) is 15.5. The number of nitriles is 1. The number of aryl methyl sites for hydroxylation is 2. The molecule has 0 saturated heterocycles. The van der Waals surface area contributed by atoms with Gasteiger partial charge in [-0.1, -0.05) is 12.1 Å². The predicted octanol–water partition coefficient (Wildman–Crippen LogP) is 4.20. The Balaban J connectivity index is 0.000000227. The number of halogens is 1. The van der Waals surface area contributed by atoms with Gasteiger partial charge in [-0.05, 0) is 17.7 Å². The molecule has 0 amide bonds. The van der Waals surface area contributed by atoms with Crippen molar-refractivity contribution in [3.05, 3.63) is 89.5 Å². The van der Waals surface area contributed by atoms with Crippen molar-refractivity contribution in [3.63, 3.8) is 0 Å². The van der Waals surface area contributed by atoms with E-state index in [0.29, 0.717) is 0 Å². The van der Waals surface area contributed by atoms with Crippen LogP contribution >= 0.6 is 8.92 Å². The molecule has 0 aliphatic heterocycles. The fraction of sp³-hybridized carbons (Fsp3) is 0.160. The summed E-state index contributed by atoms with van der Waals surface area (Å²) in [6, 6.07) is 26.5. The van der Waals surface area contributed by atoms with Gasteiger partial charge in [0.05, 0.1) is 12.3 Å². The third-order valence-corrected chi connectivity index (χ3v) is 13.4. The van der Waals surface area contributed by atoms with Crippen LogP contribution in [0.4, 0.5) is 5.69 Å². The molecule has 0 N–H and O–H groups in total. The summed E-state index contributed by atoms with van der Waals surface area (Å²) in [6.07, 6.45) is 1.56. The molecule has 0 radical (unpaired) electrons. The van der Waals surface area contributed by atoms with Gasteiger partial charge in [0, 0.05) is 24.8 Å². The molecule has 0 aliphatic carbocycles. The monoisotopic (exact) mass is 568 g/mol. The SMILES string of the molecule is CN(C)c1ccc(/C=N/N=C(/[S-])C#N)cc1.Cc1cccc[c]1[Sn+]([Cl])[c]1ccccc1C. The van der Waals surface area contributed by atoms with Crippen LogP contribution in [0.5, 0.6) is 0 Å². The maximum absolute atomic E-state index is 8.37. The van der Waals surface area contributed by atoms with Crippen LogP contribution in [0, 0.1) is 25.2 Å². The van der Waals surface area contributed by atoms with E-state index in [2.05, 4.69) is 85.2 Å². The summed E-state index contributed by atoms with van der Waals surface area (Å²) in [6.45, 7) is 4.30. The van der Waals surface area contributed by atoms with Crippen molar-refractivity contribution < 1.29 is 0 Å². The van der Waals surface area contributed by atoms with Gasteiger partial charge in [0.15, 0.2) is 0 Å². The van der Waals surface area contributed by atoms with Gasteiger partial charge in [0.1, 0.15) is 0 Å². The second kappa shape index (κ2) is 13.2. The van der Waals surface area contributed by atoms with Crippen molar-refractivity contribution in [2.45, 2.75) is 13.8 Å². The summed E-state index contributed by atoms with van der Waals surface area (Å²) in [5.74, 6) is 0. The summed E-state index contributed by atoms with van der Waals surface area (Å²) >= 11 is 2.44. The Bertz CT molecular complexity index is 1080. The van der Waals surface area contributed by atoms with Crippen molar-refractivity contribution in [3.8, 4) is 6.07 Å². The minimum atomic E-state index is -2.14. The number of benzene rings is 3. The van der Waals surface area contributed by atoms with Crippen LogP contribution in [0.3, 0.4) is 0 Å². The Morgan fingerprint density at radius 1 is 0.938 bits per heavy atom. The van der Waals surface area contributed by atoms with E-state index in [-0.39, 0.29) is 5.04 Å². The molecule has 0 heterocycles. The Kier molecular flexibility index (Phi) is 10.7. The van der Waals surface area contributed by atoms with Crippen molar-refractivity contribution >= 4 is 64.3 Å². The molecule has 0 fully saturated rings. The van der Waals surface area contributed by atoms with E-state index in [0.717, 1.165) is 11.3 Å². The zero-order valence-electron chi connectivity index (χ0n) is 18.6. The van der Waals surface area contributed by atoms with E-state index in [4.69, 9.17) is 14.2 Å². The molecule has 7 heteroatoms. The summed E-state index contributed by atoms with van der Waals surface area (Å²) in [4.78, 5) is 2.01. The second-order valence-electron chi connectivity index (χ2n) is 7.19. The standard InChI is InChI=1S/C11H12N4S.2C7H7.ClH.Sn/c1-15(2)10-5-3-9(4-6-10)8-13-14-11(16)7-12;2*1-7-5-3-2-4-6-7;;/h3-6,8H,1-2H3,(H,14,16);2*2-5H,1H3;1H;/q;;;;+2/p-2/b13-8+;;;;. The number of hydrogen-bond donors (Lipinski definition) is 0. The molecule has 3 rings (SSSR count). The fourth-order valence-electron chi connectivity index (χ4n) is 2.81.